The minimum Gasteiger partial charge on any atom is -0.443 e. The second-order valence-electron chi connectivity index (χ2n) is 33.0. The Hall–Kier alpha value is -15.6. The van der Waals surface area contributed by atoms with Crippen molar-refractivity contribution in [3.63, 3.8) is 0 Å². The quantitative estimate of drug-likeness (QED) is 0.00732. The summed E-state index contributed by atoms with van der Waals surface area (Å²) < 4.78 is 105. The number of hydrogen-bond acceptors (Lipinski definition) is 28. The van der Waals surface area contributed by atoms with Gasteiger partial charge in [0.2, 0.25) is 17.7 Å². The molecule has 0 aliphatic heterocycles. The summed E-state index contributed by atoms with van der Waals surface area (Å²) in [6.07, 6.45) is 45.2. The van der Waals surface area contributed by atoms with Gasteiger partial charge in [0.15, 0.2) is 16.8 Å². The molecule has 18 aromatic heterocycles. The predicted octanol–water partition coefficient (Wildman–Crippen LogP) is 16.5. The maximum Gasteiger partial charge on any atom is 0.420 e. The number of anilines is 2. The number of carbonyl (C=O) groups is 2. The molecular formula is C100H99F4IN26O10. The first-order chi connectivity index (χ1) is 67.7. The lowest BCUT2D eigenvalue weighted by Gasteiger charge is -2.33. The van der Waals surface area contributed by atoms with E-state index in [0.717, 1.165) is 100 Å². The number of aryl methyl sites for hydroxylation is 4. The van der Waals surface area contributed by atoms with E-state index in [4.69, 9.17) is 51.0 Å². The normalized spacial score (nSPS) is 13.0. The van der Waals surface area contributed by atoms with Crippen LogP contribution in [0.1, 0.15) is 118 Å². The molecule has 0 aliphatic rings. The average molecular weight is 2030 g/mol. The van der Waals surface area contributed by atoms with Gasteiger partial charge >= 0.3 is 6.09 Å². The van der Waals surface area contributed by atoms with Crippen molar-refractivity contribution in [3.8, 4) is 91.2 Å². The van der Waals surface area contributed by atoms with Crippen LogP contribution in [0, 0.1) is 51.0 Å². The summed E-state index contributed by atoms with van der Waals surface area (Å²) in [7, 11) is 11.9. The molecule has 36 nitrogen and oxygen atoms in total. The molecule has 0 saturated heterocycles. The minimum absolute atomic E-state index is 0.0137. The van der Waals surface area contributed by atoms with Crippen LogP contribution in [0.25, 0.3) is 111 Å². The van der Waals surface area contributed by atoms with Gasteiger partial charge in [-0.2, -0.15) is 20.4 Å². The molecule has 0 spiro atoms. The minimum atomic E-state index is -1.70. The van der Waals surface area contributed by atoms with E-state index in [1.165, 1.54) is 68.9 Å². The third kappa shape index (κ3) is 22.4. The van der Waals surface area contributed by atoms with Gasteiger partial charge in [0.25, 0.3) is 0 Å². The molecule has 0 aliphatic carbocycles. The second kappa shape index (κ2) is 44.0. The highest BCUT2D eigenvalue weighted by molar-refractivity contribution is 14.1. The molecule has 141 heavy (non-hydrogen) atoms. The van der Waals surface area contributed by atoms with Crippen LogP contribution in [-0.4, -0.2) is 183 Å². The zero-order valence-corrected chi connectivity index (χ0v) is 81.4. The number of nitrogens with one attached hydrogen (secondary N) is 3. The third-order valence-corrected chi connectivity index (χ3v) is 23.6. The van der Waals surface area contributed by atoms with Crippen LogP contribution >= 0.6 is 22.6 Å². The summed E-state index contributed by atoms with van der Waals surface area (Å²) in [5.74, 6) is 5.35. The first-order valence-corrected chi connectivity index (χ1v) is 45.0. The molecule has 18 aromatic rings. The molecule has 4 unspecified atom stereocenters. The fourth-order valence-corrected chi connectivity index (χ4v) is 16.3. The Morgan fingerprint density at radius 1 is 0.468 bits per heavy atom. The van der Waals surface area contributed by atoms with Gasteiger partial charge in [0.1, 0.15) is 77.4 Å². The van der Waals surface area contributed by atoms with E-state index in [-0.39, 0.29) is 67.5 Å². The number of pyridine rings is 8. The number of H-pyrrole nitrogens is 3. The zero-order chi connectivity index (χ0) is 101. The standard InChI is InChI=1S/C25H25FN8O2.C24H22FN5O3.C23H21FN8O.C16H17IN4O2.C12H14FNO2/c1-4-25(36-14-35-3,19-5-6-28-12-20(19)26)22-8-21(32-24(27)33-22)18-11-30-23-17(18)7-15(9-29-23)16-10-31-34(2)13-16;1-4-24(33-15-32-3,20-6-8-26-13-21(20)25)7-5-22(31)19-12-28-23-18(19)9-16(10-27-23)17-11-29-30(2)14-17;1-3-23(33,17-4-5-26-11-18(17)24)20-7-19(30-22(25)31-20)16-10-28-21-15(16)6-13(8-27-21)14-9-29-32(2)12-14;1-16(2,3)23-15(22)21-9-13(17)12-5-10(6-18-14(12)21)11-7-19-20(4)8-11;1-4-12(5-2,16-9-15-3)10-6-7-14-8-11(10)13/h5-13H,4,14H2,1-3H3,(H,29,30)(H2,27,32,33);6,8-14H,4,15H2,1-3H3,(H,27,28);4-12,33H,3H2,1-2H3,(H,27,28)(H2,25,30,31);5-9H,1-4H3;1,6-8H,5,9H2,2-3H3. The zero-order valence-electron chi connectivity index (χ0n) is 79.2. The topological polar surface area (TPSA) is 449 Å². The van der Waals surface area contributed by atoms with Crippen LogP contribution in [0.2, 0.25) is 0 Å². The summed E-state index contributed by atoms with van der Waals surface area (Å²) in [5, 5.41) is 31.5. The van der Waals surface area contributed by atoms with Crippen molar-refractivity contribution in [1.29, 1.82) is 0 Å². The Kier molecular flexibility index (Phi) is 31.6. The number of aromatic nitrogens is 24. The van der Waals surface area contributed by atoms with Crippen molar-refractivity contribution < 1.29 is 65.4 Å². The molecule has 8 N–H and O–H groups in total. The van der Waals surface area contributed by atoms with Crippen molar-refractivity contribution in [3.05, 3.63) is 275 Å². The van der Waals surface area contributed by atoms with Crippen molar-refractivity contribution in [2.75, 3.05) is 53.2 Å². The lowest BCUT2D eigenvalue weighted by atomic mass is 9.86. The van der Waals surface area contributed by atoms with Crippen LogP contribution < -0.4 is 11.5 Å². The van der Waals surface area contributed by atoms with E-state index in [1.807, 2.05) is 118 Å². The highest BCUT2D eigenvalue weighted by Gasteiger charge is 2.41. The van der Waals surface area contributed by atoms with E-state index in [2.05, 4.69) is 136 Å². The molecular weight excluding hydrogens is 1930 g/mol. The molecule has 0 aromatic carbocycles. The van der Waals surface area contributed by atoms with Gasteiger partial charge in [-0.1, -0.05) is 39.5 Å². The monoisotopic (exact) mass is 2030 g/mol. The number of nitrogen functional groups attached to an aromatic ring is 2. The average Bonchev–Trinajstić information content (AvgIpc) is 1.74. The highest BCUT2D eigenvalue weighted by Crippen LogP contribution is 2.43. The van der Waals surface area contributed by atoms with E-state index in [9.17, 15) is 32.3 Å². The van der Waals surface area contributed by atoms with E-state index in [0.29, 0.717) is 69.0 Å². The maximum atomic E-state index is 15.0. The maximum absolute atomic E-state index is 15.0. The molecule has 0 amide bonds. The number of fused-ring (bicyclic) bond motifs is 4. The van der Waals surface area contributed by atoms with Crippen molar-refractivity contribution in [2.45, 2.75) is 102 Å². The van der Waals surface area contributed by atoms with E-state index >= 15 is 0 Å². The van der Waals surface area contributed by atoms with Crippen LogP contribution in [0.15, 0.2) is 209 Å². The SMILES string of the molecule is C#CC(CC)(OCOC)c1ccncc1F.CCC(C#CC(=O)c1c[nH]c2ncc(-c3cnn(C)c3)cc12)(OCOC)c1ccncc1F.CCC(O)(c1cc(-c2c[nH]c3ncc(-c4cnn(C)c4)cc23)nc(N)n1)c1ccncc1F.CCC(OCOC)(c1cc(-c2c[nH]c3ncc(-c4cnn(C)c4)cc23)nc(N)n1)c1ccncc1F.Cn1cc(-c2cnc3c(c2)c(I)cn3C(=O)OC(C)(C)C)cn1. The summed E-state index contributed by atoms with van der Waals surface area (Å²) >= 11 is 2.20. The number of Topliss-reactive ketones (excluding diaryl/α,β-unsaturated/α-hetero) is 1. The summed E-state index contributed by atoms with van der Waals surface area (Å²) in [6.45, 7) is 12.6. The Bertz CT molecular complexity index is 7640. The van der Waals surface area contributed by atoms with Gasteiger partial charge in [0.05, 0.1) is 77.9 Å². The van der Waals surface area contributed by atoms with Crippen LogP contribution in [0.3, 0.4) is 0 Å². The Morgan fingerprint density at radius 3 is 1.28 bits per heavy atom. The number of methoxy groups -OCH3 is 3. The van der Waals surface area contributed by atoms with Gasteiger partial charge in [-0.15, -0.1) is 6.42 Å². The lowest BCUT2D eigenvalue weighted by Crippen LogP contribution is -2.34. The summed E-state index contributed by atoms with van der Waals surface area (Å²) in [6, 6.07) is 17.3. The number of carbonyl (C=O) groups excluding carboxylic acids is 2. The number of halogens is 5. The van der Waals surface area contributed by atoms with Gasteiger partial charge in [0, 0.05) is 252 Å². The Labute approximate surface area is 819 Å². The Morgan fingerprint density at radius 2 is 0.865 bits per heavy atom. The number of ether oxygens (including phenoxy) is 7. The van der Waals surface area contributed by atoms with Gasteiger partial charge in [-0.05, 0) is 136 Å². The van der Waals surface area contributed by atoms with Gasteiger partial charge in [-0.3, -0.25) is 43.5 Å². The highest BCUT2D eigenvalue weighted by atomic mass is 127. The number of terminal acetylenes is 1. The number of nitrogens with two attached hydrogens (primary N) is 2. The first kappa shape index (κ1) is 101. The number of rotatable bonds is 26. The number of ketones is 1. The van der Waals surface area contributed by atoms with E-state index < -0.39 is 63.2 Å². The molecule has 18 rings (SSSR count). The Balaban J connectivity index is 0.000000143. The van der Waals surface area contributed by atoms with Crippen LogP contribution in [-0.2, 0) is 83.8 Å². The van der Waals surface area contributed by atoms with Crippen LogP contribution in [0.4, 0.5) is 34.3 Å². The first-order valence-electron chi connectivity index (χ1n) is 43.9. The van der Waals surface area contributed by atoms with E-state index in [1.54, 1.807) is 119 Å². The molecule has 0 radical (unpaired) electrons. The number of nitrogens with zero attached hydrogens (tertiary/aromatic N) is 21. The third-order valence-electron chi connectivity index (χ3n) is 22.8. The summed E-state index contributed by atoms with van der Waals surface area (Å²) in [4.78, 5) is 85.4. The van der Waals surface area contributed by atoms with Crippen LogP contribution in [0.5, 0.6) is 0 Å². The molecule has 0 saturated carbocycles. The van der Waals surface area contributed by atoms with Crippen molar-refractivity contribution >= 4 is 90.5 Å². The molecule has 0 bridgehead atoms. The molecule has 4 atom stereocenters. The molecule has 41 heteroatoms. The lowest BCUT2D eigenvalue weighted by molar-refractivity contribution is -0.120. The van der Waals surface area contributed by atoms with Crippen molar-refractivity contribution in [2.24, 2.45) is 28.2 Å². The van der Waals surface area contributed by atoms with Crippen molar-refractivity contribution in [1.82, 2.24) is 118 Å². The fraction of sp³-hybridized carbons (Fsp3) is 0.260. The smallest absolute Gasteiger partial charge is 0.420 e. The predicted molar refractivity (Wildman–Crippen MR) is 527 cm³/mol. The number of aliphatic hydroxyl groups is 1. The van der Waals surface area contributed by atoms with Gasteiger partial charge < -0.3 is 64.7 Å². The number of hydrogen-bond donors (Lipinski definition) is 6. The number of aromatic amines is 3. The fourth-order valence-electron chi connectivity index (χ4n) is 15.6. The molecule has 18 heterocycles. The molecule has 0 fully saturated rings. The van der Waals surface area contributed by atoms with Gasteiger partial charge in [-0.25, -0.2) is 66.8 Å². The molecule has 724 valence electrons. The summed E-state index contributed by atoms with van der Waals surface area (Å²) in [5.41, 5.74) is 20.4. The largest absolute Gasteiger partial charge is 0.443 e. The second-order valence-corrected chi connectivity index (χ2v) is 34.2.